The summed E-state index contributed by atoms with van der Waals surface area (Å²) in [6.07, 6.45) is 0.370. The molecular weight excluding hydrogens is 202 g/mol. The summed E-state index contributed by atoms with van der Waals surface area (Å²) in [5, 5.41) is 13.7. The standard InChI is InChI=1S/C10H14F2N2O/c1-14-8(3-5-13-14)7-2-4-10(11,12)6-9(7)15/h3,5,7,9,15H,2,4,6H2,1H3. The van der Waals surface area contributed by atoms with E-state index >= 15 is 0 Å². The molecule has 0 saturated heterocycles. The third-order valence-electron chi connectivity index (χ3n) is 3.03. The fourth-order valence-corrected chi connectivity index (χ4v) is 2.20. The number of alkyl halides is 2. The minimum Gasteiger partial charge on any atom is -0.392 e. The van der Waals surface area contributed by atoms with Crippen molar-refractivity contribution in [1.82, 2.24) is 9.78 Å². The Morgan fingerprint density at radius 3 is 2.87 bits per heavy atom. The van der Waals surface area contributed by atoms with Gasteiger partial charge in [0.15, 0.2) is 0 Å². The minimum atomic E-state index is -2.71. The Kier molecular flexibility index (Phi) is 2.50. The first-order valence-electron chi connectivity index (χ1n) is 5.03. The number of halogens is 2. The van der Waals surface area contributed by atoms with Gasteiger partial charge in [0.1, 0.15) is 0 Å². The normalized spacial score (nSPS) is 30.4. The molecule has 1 aliphatic rings. The van der Waals surface area contributed by atoms with Crippen LogP contribution in [0.25, 0.3) is 0 Å². The topological polar surface area (TPSA) is 38.0 Å². The molecule has 2 atom stereocenters. The number of hydrogen-bond donors (Lipinski definition) is 1. The van der Waals surface area contributed by atoms with Crippen molar-refractivity contribution in [3.63, 3.8) is 0 Å². The summed E-state index contributed by atoms with van der Waals surface area (Å²) in [7, 11) is 1.76. The van der Waals surface area contributed by atoms with E-state index in [2.05, 4.69) is 5.10 Å². The number of aliphatic hydroxyl groups is 1. The lowest BCUT2D eigenvalue weighted by molar-refractivity contribution is -0.0847. The number of aliphatic hydroxyl groups excluding tert-OH is 1. The lowest BCUT2D eigenvalue weighted by Crippen LogP contribution is -2.35. The maximum Gasteiger partial charge on any atom is 0.250 e. The van der Waals surface area contributed by atoms with E-state index in [1.54, 1.807) is 24.0 Å². The molecule has 5 heteroatoms. The van der Waals surface area contributed by atoms with E-state index in [4.69, 9.17) is 0 Å². The van der Waals surface area contributed by atoms with Crippen LogP contribution in [0.2, 0.25) is 0 Å². The zero-order chi connectivity index (χ0) is 11.1. The number of hydrogen-bond acceptors (Lipinski definition) is 2. The van der Waals surface area contributed by atoms with Crippen LogP contribution < -0.4 is 0 Å². The third-order valence-corrected chi connectivity index (χ3v) is 3.03. The van der Waals surface area contributed by atoms with Crippen LogP contribution in [0.15, 0.2) is 12.3 Å². The molecule has 0 aromatic carbocycles. The molecular formula is C10H14F2N2O. The minimum absolute atomic E-state index is 0.153. The van der Waals surface area contributed by atoms with Crippen LogP contribution >= 0.6 is 0 Å². The first-order valence-corrected chi connectivity index (χ1v) is 5.03. The van der Waals surface area contributed by atoms with Crippen LogP contribution in [0.5, 0.6) is 0 Å². The average molecular weight is 216 g/mol. The monoisotopic (exact) mass is 216 g/mol. The Bertz CT molecular complexity index is 351. The van der Waals surface area contributed by atoms with E-state index in [1.165, 1.54) is 0 Å². The molecule has 1 heterocycles. The fourth-order valence-electron chi connectivity index (χ4n) is 2.20. The Morgan fingerprint density at radius 1 is 1.60 bits per heavy atom. The lowest BCUT2D eigenvalue weighted by Gasteiger charge is -2.32. The molecule has 0 bridgehead atoms. The van der Waals surface area contributed by atoms with E-state index < -0.39 is 18.4 Å². The van der Waals surface area contributed by atoms with E-state index in [9.17, 15) is 13.9 Å². The molecule has 2 rings (SSSR count). The van der Waals surface area contributed by atoms with Gasteiger partial charge in [0.2, 0.25) is 0 Å². The predicted octanol–water partition coefficient (Wildman–Crippen LogP) is 1.68. The second kappa shape index (κ2) is 3.56. The molecule has 84 valence electrons. The number of nitrogens with zero attached hydrogens (tertiary/aromatic N) is 2. The van der Waals surface area contributed by atoms with Crippen molar-refractivity contribution in [2.45, 2.75) is 37.2 Å². The van der Waals surface area contributed by atoms with Crippen LogP contribution in [0.1, 0.15) is 30.9 Å². The van der Waals surface area contributed by atoms with Crippen molar-refractivity contribution in [1.29, 1.82) is 0 Å². The van der Waals surface area contributed by atoms with Gasteiger partial charge in [0.25, 0.3) is 5.92 Å². The summed E-state index contributed by atoms with van der Waals surface area (Å²) >= 11 is 0. The quantitative estimate of drug-likeness (QED) is 0.775. The van der Waals surface area contributed by atoms with E-state index in [-0.39, 0.29) is 12.3 Å². The summed E-state index contributed by atoms with van der Waals surface area (Å²) in [5.74, 6) is -2.92. The van der Waals surface area contributed by atoms with Crippen molar-refractivity contribution in [2.24, 2.45) is 7.05 Å². The lowest BCUT2D eigenvalue weighted by atomic mass is 9.82. The Labute approximate surface area is 86.7 Å². The average Bonchev–Trinajstić information content (AvgIpc) is 2.50. The number of rotatable bonds is 1. The Morgan fingerprint density at radius 2 is 2.33 bits per heavy atom. The highest BCUT2D eigenvalue weighted by molar-refractivity contribution is 5.11. The molecule has 1 aromatic rings. The molecule has 1 saturated carbocycles. The van der Waals surface area contributed by atoms with Gasteiger partial charge >= 0.3 is 0 Å². The molecule has 1 fully saturated rings. The highest BCUT2D eigenvalue weighted by atomic mass is 19.3. The Hall–Kier alpha value is -0.970. The van der Waals surface area contributed by atoms with E-state index in [0.29, 0.717) is 6.42 Å². The van der Waals surface area contributed by atoms with Gasteiger partial charge in [-0.25, -0.2) is 8.78 Å². The zero-order valence-corrected chi connectivity index (χ0v) is 8.53. The molecule has 0 aliphatic heterocycles. The summed E-state index contributed by atoms with van der Waals surface area (Å²) in [4.78, 5) is 0. The van der Waals surface area contributed by atoms with Gasteiger partial charge in [-0.3, -0.25) is 4.68 Å². The second-order valence-corrected chi connectivity index (χ2v) is 4.15. The Balaban J connectivity index is 2.16. The van der Waals surface area contributed by atoms with Crippen molar-refractivity contribution >= 4 is 0 Å². The number of aromatic nitrogens is 2. The summed E-state index contributed by atoms with van der Waals surface area (Å²) in [5.41, 5.74) is 0.831. The molecule has 1 aliphatic carbocycles. The highest BCUT2D eigenvalue weighted by Gasteiger charge is 2.41. The summed E-state index contributed by atoms with van der Waals surface area (Å²) in [6, 6.07) is 1.78. The molecule has 1 N–H and O–H groups in total. The SMILES string of the molecule is Cn1nccc1C1CCC(F)(F)CC1O. The van der Waals surface area contributed by atoms with E-state index in [1.807, 2.05) is 0 Å². The van der Waals surface area contributed by atoms with Crippen LogP contribution in [0, 0.1) is 0 Å². The molecule has 3 nitrogen and oxygen atoms in total. The van der Waals surface area contributed by atoms with Gasteiger partial charge < -0.3 is 5.11 Å². The van der Waals surface area contributed by atoms with Crippen LogP contribution in [-0.4, -0.2) is 26.9 Å². The molecule has 15 heavy (non-hydrogen) atoms. The van der Waals surface area contributed by atoms with Gasteiger partial charge in [0, 0.05) is 37.7 Å². The zero-order valence-electron chi connectivity index (χ0n) is 8.53. The van der Waals surface area contributed by atoms with Gasteiger partial charge in [-0.05, 0) is 12.5 Å². The summed E-state index contributed by atoms with van der Waals surface area (Å²) < 4.78 is 27.6. The molecule has 0 radical (unpaired) electrons. The van der Waals surface area contributed by atoms with Crippen molar-refractivity contribution in [3.8, 4) is 0 Å². The maximum absolute atomic E-state index is 13.0. The predicted molar refractivity (Wildman–Crippen MR) is 50.8 cm³/mol. The first-order chi connectivity index (χ1) is 6.99. The van der Waals surface area contributed by atoms with Crippen LogP contribution in [-0.2, 0) is 7.05 Å². The smallest absolute Gasteiger partial charge is 0.250 e. The fraction of sp³-hybridized carbons (Fsp3) is 0.700. The number of aryl methyl sites for hydroxylation is 1. The van der Waals surface area contributed by atoms with Crippen molar-refractivity contribution < 1.29 is 13.9 Å². The molecule has 0 spiro atoms. The molecule has 0 amide bonds. The summed E-state index contributed by atoms with van der Waals surface area (Å²) in [6.45, 7) is 0. The van der Waals surface area contributed by atoms with Gasteiger partial charge in [-0.1, -0.05) is 0 Å². The van der Waals surface area contributed by atoms with Crippen molar-refractivity contribution in [3.05, 3.63) is 18.0 Å². The van der Waals surface area contributed by atoms with Gasteiger partial charge in [-0.15, -0.1) is 0 Å². The second-order valence-electron chi connectivity index (χ2n) is 4.15. The van der Waals surface area contributed by atoms with Gasteiger partial charge in [0.05, 0.1) is 6.10 Å². The first kappa shape index (κ1) is 10.5. The molecule has 2 unspecified atom stereocenters. The maximum atomic E-state index is 13.0. The molecule has 1 aromatic heterocycles. The van der Waals surface area contributed by atoms with Crippen LogP contribution in [0.3, 0.4) is 0 Å². The van der Waals surface area contributed by atoms with Crippen molar-refractivity contribution in [2.75, 3.05) is 0 Å². The van der Waals surface area contributed by atoms with Crippen LogP contribution in [0.4, 0.5) is 8.78 Å². The largest absolute Gasteiger partial charge is 0.392 e. The van der Waals surface area contributed by atoms with Gasteiger partial charge in [-0.2, -0.15) is 5.10 Å². The third kappa shape index (κ3) is 2.02. The highest BCUT2D eigenvalue weighted by Crippen LogP contribution is 2.40. The van der Waals surface area contributed by atoms with E-state index in [0.717, 1.165) is 5.69 Å².